The molecule has 0 unspecified atom stereocenters. The monoisotopic (exact) mass is 398 g/mol. The molecule has 6 nitrogen and oxygen atoms in total. The fraction of sp³-hybridized carbons (Fsp3) is 0.652. The molecule has 29 heavy (non-hydrogen) atoms. The van der Waals surface area contributed by atoms with Crippen molar-refractivity contribution in [3.8, 4) is 0 Å². The van der Waals surface area contributed by atoms with Crippen molar-refractivity contribution in [1.82, 2.24) is 9.80 Å². The van der Waals surface area contributed by atoms with Crippen LogP contribution < -0.4 is 11.5 Å². The molecular weight excluding hydrogens is 364 g/mol. The lowest BCUT2D eigenvalue weighted by Gasteiger charge is -2.55. The minimum absolute atomic E-state index is 0.00829. The van der Waals surface area contributed by atoms with Gasteiger partial charge in [-0.3, -0.25) is 14.5 Å². The minimum atomic E-state index is -0.616. The van der Waals surface area contributed by atoms with Crippen LogP contribution >= 0.6 is 0 Å². The Morgan fingerprint density at radius 1 is 1.10 bits per heavy atom. The highest BCUT2D eigenvalue weighted by Crippen LogP contribution is 2.40. The van der Waals surface area contributed by atoms with E-state index in [1.165, 1.54) is 31.2 Å². The Balaban J connectivity index is 1.40. The number of carbonyl (C=O) groups excluding carboxylic acids is 2. The summed E-state index contributed by atoms with van der Waals surface area (Å²) < 4.78 is 0. The lowest BCUT2D eigenvalue weighted by molar-refractivity contribution is -0.140. The first-order chi connectivity index (χ1) is 14.0. The van der Waals surface area contributed by atoms with Crippen LogP contribution in [0.5, 0.6) is 0 Å². The largest absolute Gasteiger partial charge is 0.370 e. The summed E-state index contributed by atoms with van der Waals surface area (Å²) in [7, 11) is 0. The maximum atomic E-state index is 12.8. The molecule has 2 bridgehead atoms. The van der Waals surface area contributed by atoms with Gasteiger partial charge in [0.05, 0.1) is 6.04 Å². The third-order valence-corrected chi connectivity index (χ3v) is 7.16. The summed E-state index contributed by atoms with van der Waals surface area (Å²) >= 11 is 0. The van der Waals surface area contributed by atoms with E-state index in [9.17, 15) is 9.59 Å². The predicted octanol–water partition coefficient (Wildman–Crippen LogP) is 1.52. The second kappa shape index (κ2) is 8.84. The number of likely N-dealkylation sites (tertiary alicyclic amines) is 1. The molecule has 1 aromatic carbocycles. The molecule has 3 aliphatic rings. The molecule has 0 spiro atoms. The maximum Gasteiger partial charge on any atom is 0.239 e. The fourth-order valence-electron chi connectivity index (χ4n) is 5.85. The Bertz CT molecular complexity index is 725. The van der Waals surface area contributed by atoms with Crippen molar-refractivity contribution in [3.63, 3.8) is 0 Å². The van der Waals surface area contributed by atoms with Crippen LogP contribution in [-0.4, -0.2) is 59.4 Å². The van der Waals surface area contributed by atoms with E-state index in [1.807, 2.05) is 4.90 Å². The number of hydrogen-bond donors (Lipinski definition) is 2. The minimum Gasteiger partial charge on any atom is -0.370 e. The van der Waals surface area contributed by atoms with Gasteiger partial charge in [0.1, 0.15) is 0 Å². The molecule has 6 heteroatoms. The maximum absolute atomic E-state index is 12.8. The first-order valence-electron chi connectivity index (χ1n) is 11.1. The molecule has 3 saturated heterocycles. The van der Waals surface area contributed by atoms with Crippen LogP contribution in [0.2, 0.25) is 0 Å². The van der Waals surface area contributed by atoms with E-state index < -0.39 is 11.9 Å². The topological polar surface area (TPSA) is 92.7 Å². The van der Waals surface area contributed by atoms with Gasteiger partial charge in [0.2, 0.25) is 11.8 Å². The number of carbonyl (C=O) groups is 2. The molecule has 1 aromatic rings. The molecule has 0 saturated carbocycles. The summed E-state index contributed by atoms with van der Waals surface area (Å²) in [6.45, 7) is 2.68. The molecule has 0 aliphatic carbocycles. The molecule has 0 radical (unpaired) electrons. The smallest absolute Gasteiger partial charge is 0.239 e. The van der Waals surface area contributed by atoms with E-state index in [2.05, 4.69) is 35.2 Å². The number of amides is 2. The summed E-state index contributed by atoms with van der Waals surface area (Å²) in [6.07, 6.45) is 6.63. The van der Waals surface area contributed by atoms with Gasteiger partial charge < -0.3 is 16.4 Å². The first-order valence-corrected chi connectivity index (χ1v) is 11.1. The average molecular weight is 399 g/mol. The van der Waals surface area contributed by atoms with E-state index in [0.29, 0.717) is 30.3 Å². The van der Waals surface area contributed by atoms with Gasteiger partial charge in [-0.1, -0.05) is 36.8 Å². The zero-order chi connectivity index (χ0) is 20.4. The lowest BCUT2D eigenvalue weighted by Crippen LogP contribution is -2.63. The Morgan fingerprint density at radius 3 is 2.66 bits per heavy atom. The van der Waals surface area contributed by atoms with Crippen LogP contribution in [0.3, 0.4) is 0 Å². The molecular formula is C23H34N4O2. The lowest BCUT2D eigenvalue weighted by atomic mass is 9.74. The summed E-state index contributed by atoms with van der Waals surface area (Å²) in [5.74, 6) is 0.652. The van der Waals surface area contributed by atoms with Gasteiger partial charge in [-0.25, -0.2) is 0 Å². The molecule has 158 valence electrons. The summed E-state index contributed by atoms with van der Waals surface area (Å²) in [4.78, 5) is 28.6. The molecule has 3 fully saturated rings. The summed E-state index contributed by atoms with van der Waals surface area (Å²) in [5.41, 5.74) is 12.7. The number of hydrogen-bond acceptors (Lipinski definition) is 4. The van der Waals surface area contributed by atoms with Crippen molar-refractivity contribution in [1.29, 1.82) is 0 Å². The number of nitrogens with two attached hydrogens (primary N) is 2. The third kappa shape index (κ3) is 4.64. The highest BCUT2D eigenvalue weighted by atomic mass is 16.2. The molecule has 5 atom stereocenters. The van der Waals surface area contributed by atoms with E-state index in [1.54, 1.807) is 0 Å². The average Bonchev–Trinajstić information content (AvgIpc) is 2.72. The predicted molar refractivity (Wildman–Crippen MR) is 113 cm³/mol. The van der Waals surface area contributed by atoms with Gasteiger partial charge in [0.15, 0.2) is 0 Å². The van der Waals surface area contributed by atoms with Gasteiger partial charge in [-0.2, -0.15) is 0 Å². The second-order valence-electron chi connectivity index (χ2n) is 9.26. The number of nitrogens with zero attached hydrogens (tertiary/aromatic N) is 2. The molecule has 4 N–H and O–H groups in total. The van der Waals surface area contributed by atoms with Crippen molar-refractivity contribution < 1.29 is 9.59 Å². The van der Waals surface area contributed by atoms with E-state index in [0.717, 1.165) is 26.1 Å². The molecule has 4 rings (SSSR count). The Kier molecular flexibility index (Phi) is 6.20. The van der Waals surface area contributed by atoms with Gasteiger partial charge >= 0.3 is 0 Å². The van der Waals surface area contributed by atoms with Crippen LogP contribution in [0, 0.1) is 11.8 Å². The van der Waals surface area contributed by atoms with E-state index in [4.69, 9.17) is 11.5 Å². The highest BCUT2D eigenvalue weighted by molar-refractivity contribution is 5.83. The molecule has 0 aromatic heterocycles. The van der Waals surface area contributed by atoms with Crippen molar-refractivity contribution in [3.05, 3.63) is 35.9 Å². The number of benzene rings is 1. The first kappa shape index (κ1) is 20.4. The highest BCUT2D eigenvalue weighted by Gasteiger charge is 2.45. The number of piperidine rings is 3. The third-order valence-electron chi connectivity index (χ3n) is 7.16. The molecule has 2 amide bonds. The zero-order valence-corrected chi connectivity index (χ0v) is 17.2. The van der Waals surface area contributed by atoms with Crippen LogP contribution in [0.4, 0.5) is 0 Å². The van der Waals surface area contributed by atoms with Gasteiger partial charge in [0, 0.05) is 38.1 Å². The van der Waals surface area contributed by atoms with Gasteiger partial charge in [-0.05, 0) is 49.5 Å². The van der Waals surface area contributed by atoms with Crippen molar-refractivity contribution in [2.75, 3.05) is 19.6 Å². The van der Waals surface area contributed by atoms with Crippen LogP contribution in [0.1, 0.15) is 44.1 Å². The Hall–Kier alpha value is -1.92. The van der Waals surface area contributed by atoms with Crippen LogP contribution in [-0.2, 0) is 16.0 Å². The molecule has 3 aliphatic heterocycles. The van der Waals surface area contributed by atoms with Gasteiger partial charge in [0.25, 0.3) is 0 Å². The van der Waals surface area contributed by atoms with Crippen molar-refractivity contribution in [2.45, 2.75) is 63.1 Å². The zero-order valence-electron chi connectivity index (χ0n) is 17.2. The number of fused-ring (bicyclic) bond motifs is 4. The van der Waals surface area contributed by atoms with E-state index >= 15 is 0 Å². The normalized spacial score (nSPS) is 30.4. The Morgan fingerprint density at radius 2 is 1.90 bits per heavy atom. The van der Waals surface area contributed by atoms with Crippen molar-refractivity contribution in [2.24, 2.45) is 23.3 Å². The number of primary amides is 1. The standard InChI is InChI=1S/C23H34N4O2/c24-20(9-10-22(25)28)23(29)26-13-17-11-18(15-26)21-8-4-7-19(27(21)14-17)12-16-5-2-1-3-6-16/h1-3,5-6,17-21H,4,7-15,24H2,(H2,25,28)/t17-,18+,19+,20+,21-/m0/s1. The molecule has 3 heterocycles. The van der Waals surface area contributed by atoms with Crippen LogP contribution in [0.25, 0.3) is 0 Å². The van der Waals surface area contributed by atoms with Crippen molar-refractivity contribution >= 4 is 11.8 Å². The number of rotatable bonds is 6. The van der Waals surface area contributed by atoms with E-state index in [-0.39, 0.29) is 12.3 Å². The quantitative estimate of drug-likeness (QED) is 0.760. The Labute approximate surface area is 173 Å². The second-order valence-corrected chi connectivity index (χ2v) is 9.26. The summed E-state index contributed by atoms with van der Waals surface area (Å²) in [6, 6.07) is 11.4. The van der Waals surface area contributed by atoms with Crippen LogP contribution in [0.15, 0.2) is 30.3 Å². The van der Waals surface area contributed by atoms with Gasteiger partial charge in [-0.15, -0.1) is 0 Å². The summed E-state index contributed by atoms with van der Waals surface area (Å²) in [5, 5.41) is 0. The SMILES string of the molecule is NC(=O)CC[C@@H](N)C(=O)N1C[C@@H]2C[C@H](C1)[C@@H]1CCC[C@H](Cc3ccccc3)N1C2. The fourth-order valence-corrected chi connectivity index (χ4v) is 5.85.